The average molecular weight is 483 g/mol. The molecule has 3 aromatic carbocycles. The summed E-state index contributed by atoms with van der Waals surface area (Å²) in [6.07, 6.45) is 0. The van der Waals surface area contributed by atoms with Crippen LogP contribution in [0, 0.1) is 6.92 Å². The summed E-state index contributed by atoms with van der Waals surface area (Å²) in [5.74, 6) is -0.547. The summed E-state index contributed by atoms with van der Waals surface area (Å²) in [6.45, 7) is 3.15. The third-order valence-corrected chi connectivity index (χ3v) is 6.87. The van der Waals surface area contributed by atoms with Crippen molar-refractivity contribution in [2.45, 2.75) is 18.7 Å². The van der Waals surface area contributed by atoms with Gasteiger partial charge in [0.15, 0.2) is 0 Å². The Balaban J connectivity index is 1.90. The molecule has 1 N–H and O–H groups in total. The predicted molar refractivity (Wildman–Crippen MR) is 130 cm³/mol. The minimum Gasteiger partial charge on any atom is -0.497 e. The Labute approximate surface area is 199 Å². The van der Waals surface area contributed by atoms with Gasteiger partial charge in [0, 0.05) is 5.69 Å². The quantitative estimate of drug-likeness (QED) is 0.462. The molecule has 0 aliphatic carbocycles. The van der Waals surface area contributed by atoms with Gasteiger partial charge in [0.05, 0.1) is 29.9 Å². The number of ether oxygens (including phenoxy) is 2. The van der Waals surface area contributed by atoms with Crippen molar-refractivity contribution >= 4 is 33.3 Å². The number of benzene rings is 3. The van der Waals surface area contributed by atoms with Gasteiger partial charge in [-0.3, -0.25) is 9.10 Å². The minimum atomic E-state index is -4.06. The van der Waals surface area contributed by atoms with Crippen LogP contribution in [0.4, 0.5) is 11.4 Å². The molecule has 0 aromatic heterocycles. The summed E-state index contributed by atoms with van der Waals surface area (Å²) in [7, 11) is -2.57. The van der Waals surface area contributed by atoms with E-state index >= 15 is 0 Å². The zero-order valence-electron chi connectivity index (χ0n) is 19.1. The number of para-hydroxylation sites is 1. The summed E-state index contributed by atoms with van der Waals surface area (Å²) in [5.41, 5.74) is 1.58. The molecule has 0 aliphatic rings. The van der Waals surface area contributed by atoms with E-state index in [1.807, 2.05) is 0 Å². The van der Waals surface area contributed by atoms with E-state index in [0.717, 1.165) is 4.31 Å². The highest BCUT2D eigenvalue weighted by Crippen LogP contribution is 2.26. The molecule has 0 saturated heterocycles. The lowest BCUT2D eigenvalue weighted by Crippen LogP contribution is -2.38. The van der Waals surface area contributed by atoms with Gasteiger partial charge in [0.1, 0.15) is 12.3 Å². The highest BCUT2D eigenvalue weighted by molar-refractivity contribution is 7.92. The van der Waals surface area contributed by atoms with E-state index in [2.05, 4.69) is 5.32 Å². The number of esters is 1. The first kappa shape index (κ1) is 24.8. The number of carbonyl (C=O) groups excluding carboxylic acids is 2. The van der Waals surface area contributed by atoms with E-state index < -0.39 is 28.4 Å². The van der Waals surface area contributed by atoms with Crippen LogP contribution in [0.25, 0.3) is 0 Å². The lowest BCUT2D eigenvalue weighted by atomic mass is 10.1. The molecule has 1 amide bonds. The van der Waals surface area contributed by atoms with E-state index in [1.54, 1.807) is 74.5 Å². The van der Waals surface area contributed by atoms with Gasteiger partial charge in [-0.2, -0.15) is 0 Å². The summed E-state index contributed by atoms with van der Waals surface area (Å²) in [5, 5.41) is 2.72. The molecule has 0 bridgehead atoms. The summed E-state index contributed by atoms with van der Waals surface area (Å²) in [4.78, 5) is 25.2. The number of hydrogen-bond donors (Lipinski definition) is 1. The van der Waals surface area contributed by atoms with Gasteiger partial charge in [0.25, 0.3) is 10.0 Å². The standard InChI is InChI=1S/C25H26N2O6S/c1-4-33-25(29)22-11-8-12-23(18(22)2)26-24(28)17-27(19-9-6-5-7-10-19)34(30,31)21-15-13-20(32-3)14-16-21/h5-16H,4,17H2,1-3H3,(H,26,28). The lowest BCUT2D eigenvalue weighted by Gasteiger charge is -2.24. The molecule has 0 spiro atoms. The fourth-order valence-corrected chi connectivity index (χ4v) is 4.73. The van der Waals surface area contributed by atoms with Gasteiger partial charge in [-0.15, -0.1) is 0 Å². The number of nitrogens with zero attached hydrogens (tertiary/aromatic N) is 1. The van der Waals surface area contributed by atoms with Crippen LogP contribution < -0.4 is 14.4 Å². The van der Waals surface area contributed by atoms with Crippen LogP contribution in [0.3, 0.4) is 0 Å². The Kier molecular flexibility index (Phi) is 7.91. The number of sulfonamides is 1. The number of methoxy groups -OCH3 is 1. The molecule has 178 valence electrons. The smallest absolute Gasteiger partial charge is 0.338 e. The Morgan fingerprint density at radius 2 is 1.62 bits per heavy atom. The van der Waals surface area contributed by atoms with Crippen LogP contribution in [0.5, 0.6) is 5.75 Å². The molecular weight excluding hydrogens is 456 g/mol. The second-order valence-electron chi connectivity index (χ2n) is 7.27. The predicted octanol–water partition coefficient (Wildman–Crippen LogP) is 4.01. The van der Waals surface area contributed by atoms with Crippen LogP contribution in [-0.4, -0.2) is 40.6 Å². The number of hydrogen-bond acceptors (Lipinski definition) is 6. The molecule has 0 unspecified atom stereocenters. The molecule has 0 saturated carbocycles. The van der Waals surface area contributed by atoms with Crippen molar-refractivity contribution in [1.29, 1.82) is 0 Å². The number of amides is 1. The maximum Gasteiger partial charge on any atom is 0.338 e. The highest BCUT2D eigenvalue weighted by Gasteiger charge is 2.27. The Bertz CT molecular complexity index is 1260. The number of nitrogens with one attached hydrogen (secondary N) is 1. The van der Waals surface area contributed by atoms with E-state index in [4.69, 9.17) is 9.47 Å². The fourth-order valence-electron chi connectivity index (χ4n) is 3.31. The monoisotopic (exact) mass is 482 g/mol. The van der Waals surface area contributed by atoms with Crippen molar-refractivity contribution in [1.82, 2.24) is 0 Å². The summed E-state index contributed by atoms with van der Waals surface area (Å²) >= 11 is 0. The molecule has 0 fully saturated rings. The van der Waals surface area contributed by atoms with Crippen molar-refractivity contribution in [3.05, 3.63) is 83.9 Å². The second kappa shape index (κ2) is 10.8. The van der Waals surface area contributed by atoms with Crippen LogP contribution in [0.1, 0.15) is 22.8 Å². The van der Waals surface area contributed by atoms with Crippen LogP contribution in [0.2, 0.25) is 0 Å². The maximum atomic E-state index is 13.4. The highest BCUT2D eigenvalue weighted by atomic mass is 32.2. The van der Waals surface area contributed by atoms with E-state index in [0.29, 0.717) is 28.3 Å². The van der Waals surface area contributed by atoms with Crippen molar-refractivity contribution in [3.63, 3.8) is 0 Å². The van der Waals surface area contributed by atoms with Crippen molar-refractivity contribution < 1.29 is 27.5 Å². The third kappa shape index (κ3) is 5.55. The second-order valence-corrected chi connectivity index (χ2v) is 9.13. The molecule has 3 aromatic rings. The molecule has 0 atom stereocenters. The fraction of sp³-hybridized carbons (Fsp3) is 0.200. The molecule has 0 aliphatic heterocycles. The molecule has 9 heteroatoms. The summed E-state index contributed by atoms with van der Waals surface area (Å²) < 4.78 is 38.1. The normalized spacial score (nSPS) is 10.9. The van der Waals surface area contributed by atoms with Crippen LogP contribution in [0.15, 0.2) is 77.7 Å². The topological polar surface area (TPSA) is 102 Å². The van der Waals surface area contributed by atoms with Crippen molar-refractivity contribution in [2.24, 2.45) is 0 Å². The third-order valence-electron chi connectivity index (χ3n) is 5.08. The molecular formula is C25H26N2O6S. The number of anilines is 2. The van der Waals surface area contributed by atoms with Crippen LogP contribution in [-0.2, 0) is 19.6 Å². The largest absolute Gasteiger partial charge is 0.497 e. The number of rotatable bonds is 9. The molecule has 0 heterocycles. The lowest BCUT2D eigenvalue weighted by molar-refractivity contribution is -0.114. The van der Waals surface area contributed by atoms with E-state index in [-0.39, 0.29) is 11.5 Å². The van der Waals surface area contributed by atoms with Gasteiger partial charge in [0.2, 0.25) is 5.91 Å². The van der Waals surface area contributed by atoms with Crippen molar-refractivity contribution in [2.75, 3.05) is 29.9 Å². The Morgan fingerprint density at radius 1 is 0.941 bits per heavy atom. The Morgan fingerprint density at radius 3 is 2.24 bits per heavy atom. The molecule has 8 nitrogen and oxygen atoms in total. The first-order valence-corrected chi connectivity index (χ1v) is 12.0. The zero-order chi connectivity index (χ0) is 24.7. The molecule has 34 heavy (non-hydrogen) atoms. The van der Waals surface area contributed by atoms with Gasteiger partial charge < -0.3 is 14.8 Å². The maximum absolute atomic E-state index is 13.4. The van der Waals surface area contributed by atoms with Gasteiger partial charge in [-0.25, -0.2) is 13.2 Å². The minimum absolute atomic E-state index is 0.0189. The van der Waals surface area contributed by atoms with E-state index in [9.17, 15) is 18.0 Å². The van der Waals surface area contributed by atoms with Crippen LogP contribution >= 0.6 is 0 Å². The van der Waals surface area contributed by atoms with E-state index in [1.165, 1.54) is 19.2 Å². The van der Waals surface area contributed by atoms with Gasteiger partial charge in [-0.05, 0) is 67.9 Å². The zero-order valence-corrected chi connectivity index (χ0v) is 20.0. The number of carbonyl (C=O) groups is 2. The van der Waals surface area contributed by atoms with Crippen molar-refractivity contribution in [3.8, 4) is 5.75 Å². The van der Waals surface area contributed by atoms with Gasteiger partial charge >= 0.3 is 5.97 Å². The first-order chi connectivity index (χ1) is 16.3. The first-order valence-electron chi connectivity index (χ1n) is 10.6. The SMILES string of the molecule is CCOC(=O)c1cccc(NC(=O)CN(c2ccccc2)S(=O)(=O)c2ccc(OC)cc2)c1C. The Hall–Kier alpha value is -3.85. The van der Waals surface area contributed by atoms with Gasteiger partial charge in [-0.1, -0.05) is 24.3 Å². The molecule has 0 radical (unpaired) electrons. The molecule has 3 rings (SSSR count). The average Bonchev–Trinajstić information content (AvgIpc) is 2.84. The summed E-state index contributed by atoms with van der Waals surface area (Å²) in [6, 6.07) is 19.2.